The molecule has 1 aromatic carbocycles. The Balaban J connectivity index is 2.34. The molecule has 1 aliphatic rings. The van der Waals surface area contributed by atoms with Gasteiger partial charge in [-0.3, -0.25) is 4.79 Å². The largest absolute Gasteiger partial charge is 0.315 e. The van der Waals surface area contributed by atoms with Crippen LogP contribution in [-0.2, 0) is 10.3 Å². The van der Waals surface area contributed by atoms with Crippen molar-refractivity contribution in [2.24, 2.45) is 11.7 Å². The fourth-order valence-electron chi connectivity index (χ4n) is 3.18. The van der Waals surface area contributed by atoms with Gasteiger partial charge in [0.25, 0.3) is 0 Å². The molecule has 1 atom stereocenters. The number of Topliss-reactive ketones (excluding diaryl/α,β-unsaturated/α-hetero) is 1. The quantitative estimate of drug-likeness (QED) is 0.829. The maximum Gasteiger partial charge on any atom is 0.154 e. The maximum atomic E-state index is 12.2. The summed E-state index contributed by atoms with van der Waals surface area (Å²) in [4.78, 5) is 12.2. The smallest absolute Gasteiger partial charge is 0.154 e. The van der Waals surface area contributed by atoms with Crippen molar-refractivity contribution in [3.63, 3.8) is 0 Å². The van der Waals surface area contributed by atoms with Crippen molar-refractivity contribution in [2.45, 2.75) is 51.0 Å². The van der Waals surface area contributed by atoms with Gasteiger partial charge in [0, 0.05) is 0 Å². The van der Waals surface area contributed by atoms with Gasteiger partial charge in [-0.15, -0.1) is 0 Å². The number of carbonyl (C=O) groups is 1. The van der Waals surface area contributed by atoms with Crippen LogP contribution in [0, 0.1) is 5.92 Å². The highest BCUT2D eigenvalue weighted by molar-refractivity contribution is 5.87. The van der Waals surface area contributed by atoms with E-state index in [1.807, 2.05) is 30.3 Å². The predicted molar refractivity (Wildman–Crippen MR) is 74.2 cm³/mol. The molecule has 0 radical (unpaired) electrons. The second-order valence-corrected chi connectivity index (χ2v) is 5.48. The van der Waals surface area contributed by atoms with Gasteiger partial charge in [-0.25, -0.2) is 0 Å². The fourth-order valence-corrected chi connectivity index (χ4v) is 3.18. The van der Waals surface area contributed by atoms with E-state index < -0.39 is 5.54 Å². The summed E-state index contributed by atoms with van der Waals surface area (Å²) in [6.07, 6.45) is 7.10. The molecule has 1 unspecified atom stereocenters. The van der Waals surface area contributed by atoms with Gasteiger partial charge in [0.15, 0.2) is 5.78 Å². The van der Waals surface area contributed by atoms with E-state index in [0.29, 0.717) is 5.92 Å². The molecule has 0 heterocycles. The first-order chi connectivity index (χ1) is 8.65. The molecular weight excluding hydrogens is 222 g/mol. The zero-order chi connectivity index (χ0) is 13.0. The van der Waals surface area contributed by atoms with Gasteiger partial charge in [0.2, 0.25) is 0 Å². The van der Waals surface area contributed by atoms with Gasteiger partial charge in [0.1, 0.15) is 5.54 Å². The lowest BCUT2D eigenvalue weighted by Crippen LogP contribution is -2.50. The van der Waals surface area contributed by atoms with Gasteiger partial charge in [-0.05, 0) is 31.2 Å². The Morgan fingerprint density at radius 2 is 1.67 bits per heavy atom. The molecule has 0 spiro atoms. The molecule has 0 saturated heterocycles. The van der Waals surface area contributed by atoms with Gasteiger partial charge < -0.3 is 5.73 Å². The Morgan fingerprint density at radius 1 is 1.11 bits per heavy atom. The number of hydrogen-bond acceptors (Lipinski definition) is 2. The van der Waals surface area contributed by atoms with E-state index in [0.717, 1.165) is 18.4 Å². The lowest BCUT2D eigenvalue weighted by atomic mass is 9.73. The Morgan fingerprint density at radius 3 is 2.17 bits per heavy atom. The van der Waals surface area contributed by atoms with Gasteiger partial charge in [-0.1, -0.05) is 56.0 Å². The average molecular weight is 245 g/mol. The third-order valence-corrected chi connectivity index (χ3v) is 4.33. The summed E-state index contributed by atoms with van der Waals surface area (Å²) in [5.41, 5.74) is 6.75. The molecule has 1 saturated carbocycles. The van der Waals surface area contributed by atoms with E-state index in [1.54, 1.807) is 6.92 Å². The van der Waals surface area contributed by atoms with Crippen LogP contribution in [0.4, 0.5) is 0 Å². The maximum absolute atomic E-state index is 12.2. The lowest BCUT2D eigenvalue weighted by Gasteiger charge is -2.35. The number of benzene rings is 1. The molecule has 2 nitrogen and oxygen atoms in total. The number of carbonyl (C=O) groups excluding carboxylic acids is 1. The van der Waals surface area contributed by atoms with Crippen LogP contribution in [0.2, 0.25) is 0 Å². The molecule has 0 amide bonds. The third kappa shape index (κ3) is 2.49. The fraction of sp³-hybridized carbons (Fsp3) is 0.562. The minimum absolute atomic E-state index is 0.0978. The van der Waals surface area contributed by atoms with E-state index in [9.17, 15) is 4.79 Å². The number of hydrogen-bond donors (Lipinski definition) is 1. The predicted octanol–water partition coefficient (Wildman–Crippen LogP) is 3.40. The number of nitrogens with two attached hydrogens (primary N) is 1. The Kier molecular flexibility index (Phi) is 4.18. The first-order valence-corrected chi connectivity index (χ1v) is 7.01. The van der Waals surface area contributed by atoms with Crippen LogP contribution in [0.25, 0.3) is 0 Å². The minimum Gasteiger partial charge on any atom is -0.315 e. The normalized spacial score (nSPS) is 21.0. The molecule has 1 aliphatic carbocycles. The van der Waals surface area contributed by atoms with E-state index in [1.165, 1.54) is 25.7 Å². The summed E-state index contributed by atoms with van der Waals surface area (Å²) in [6, 6.07) is 9.89. The van der Waals surface area contributed by atoms with Crippen LogP contribution >= 0.6 is 0 Å². The summed E-state index contributed by atoms with van der Waals surface area (Å²) in [6.45, 7) is 1.64. The van der Waals surface area contributed by atoms with Crippen molar-refractivity contribution in [3.8, 4) is 0 Å². The summed E-state index contributed by atoms with van der Waals surface area (Å²) >= 11 is 0. The molecule has 1 fully saturated rings. The molecule has 2 rings (SSSR count). The van der Waals surface area contributed by atoms with Crippen molar-refractivity contribution < 1.29 is 4.79 Å². The Labute approximate surface area is 110 Å². The molecule has 2 N–H and O–H groups in total. The van der Waals surface area contributed by atoms with E-state index in [2.05, 4.69) is 0 Å². The first-order valence-electron chi connectivity index (χ1n) is 7.01. The van der Waals surface area contributed by atoms with Crippen LogP contribution in [0.1, 0.15) is 51.0 Å². The van der Waals surface area contributed by atoms with Crippen molar-refractivity contribution >= 4 is 5.78 Å². The molecule has 1 aromatic rings. The number of rotatable bonds is 3. The van der Waals surface area contributed by atoms with Gasteiger partial charge in [-0.2, -0.15) is 0 Å². The lowest BCUT2D eigenvalue weighted by molar-refractivity contribution is -0.124. The van der Waals surface area contributed by atoms with E-state index in [4.69, 9.17) is 5.73 Å². The molecule has 2 heteroatoms. The highest BCUT2D eigenvalue weighted by Crippen LogP contribution is 2.37. The topological polar surface area (TPSA) is 43.1 Å². The highest BCUT2D eigenvalue weighted by Gasteiger charge is 2.40. The van der Waals surface area contributed by atoms with Crippen LogP contribution in [0.15, 0.2) is 30.3 Å². The summed E-state index contributed by atoms with van der Waals surface area (Å²) < 4.78 is 0. The second-order valence-electron chi connectivity index (χ2n) is 5.48. The van der Waals surface area contributed by atoms with Gasteiger partial charge >= 0.3 is 0 Å². The van der Waals surface area contributed by atoms with Crippen LogP contribution in [-0.4, -0.2) is 5.78 Å². The molecule has 0 aliphatic heterocycles. The standard InChI is InChI=1S/C16H23NO/c1-13(18)16(17,15-11-7-4-8-12-15)14-9-5-2-3-6-10-14/h4,7-8,11-12,14H,2-3,5-6,9-10,17H2,1H3. The van der Waals surface area contributed by atoms with Gasteiger partial charge in [0.05, 0.1) is 0 Å². The second kappa shape index (κ2) is 5.66. The Hall–Kier alpha value is -1.15. The van der Waals surface area contributed by atoms with Crippen LogP contribution in [0.5, 0.6) is 0 Å². The van der Waals surface area contributed by atoms with Crippen molar-refractivity contribution in [2.75, 3.05) is 0 Å². The molecule has 18 heavy (non-hydrogen) atoms. The summed E-state index contributed by atoms with van der Waals surface area (Å²) in [5, 5.41) is 0. The van der Waals surface area contributed by atoms with E-state index in [-0.39, 0.29) is 5.78 Å². The van der Waals surface area contributed by atoms with Crippen molar-refractivity contribution in [1.82, 2.24) is 0 Å². The molecular formula is C16H23NO. The highest BCUT2D eigenvalue weighted by atomic mass is 16.1. The number of ketones is 1. The third-order valence-electron chi connectivity index (χ3n) is 4.33. The summed E-state index contributed by atoms with van der Waals surface area (Å²) in [7, 11) is 0. The van der Waals surface area contributed by atoms with Crippen molar-refractivity contribution in [1.29, 1.82) is 0 Å². The van der Waals surface area contributed by atoms with Crippen molar-refractivity contribution in [3.05, 3.63) is 35.9 Å². The van der Waals surface area contributed by atoms with Crippen LogP contribution < -0.4 is 5.73 Å². The zero-order valence-corrected chi connectivity index (χ0v) is 11.2. The zero-order valence-electron chi connectivity index (χ0n) is 11.2. The van der Waals surface area contributed by atoms with E-state index >= 15 is 0 Å². The summed E-state index contributed by atoms with van der Waals surface area (Å²) in [5.74, 6) is 0.389. The average Bonchev–Trinajstić information content (AvgIpc) is 2.67. The minimum atomic E-state index is -0.786. The monoisotopic (exact) mass is 245 g/mol. The van der Waals surface area contributed by atoms with Crippen LogP contribution in [0.3, 0.4) is 0 Å². The first kappa shape index (κ1) is 13.3. The SMILES string of the molecule is CC(=O)C(N)(c1ccccc1)C1CCCCCC1. The molecule has 98 valence electrons. The Bertz CT molecular complexity index is 393. The molecule has 0 bridgehead atoms. The molecule has 0 aromatic heterocycles.